The minimum Gasteiger partial charge on any atom is -0.328 e. The number of aromatic nitrogens is 3. The molecule has 0 aromatic carbocycles. The van der Waals surface area contributed by atoms with E-state index in [1.165, 1.54) is 4.90 Å². The number of hydrogen-bond acceptors (Lipinski definition) is 3. The van der Waals surface area contributed by atoms with Gasteiger partial charge in [-0.2, -0.15) is 0 Å². The molecule has 0 saturated carbocycles. The molecule has 0 aliphatic heterocycles. The van der Waals surface area contributed by atoms with E-state index >= 15 is 0 Å². The molecule has 1 heterocycles. The van der Waals surface area contributed by atoms with Crippen LogP contribution in [0.25, 0.3) is 0 Å². The highest BCUT2D eigenvalue weighted by molar-refractivity contribution is 5.90. The van der Waals surface area contributed by atoms with Crippen LogP contribution in [0.2, 0.25) is 0 Å². The molecule has 0 aliphatic rings. The summed E-state index contributed by atoms with van der Waals surface area (Å²) < 4.78 is 0. The smallest absolute Gasteiger partial charge is 0.294 e. The lowest BCUT2D eigenvalue weighted by Crippen LogP contribution is -2.27. The van der Waals surface area contributed by atoms with E-state index in [1.54, 1.807) is 7.05 Å². The molecule has 0 unspecified atom stereocenters. The average Bonchev–Trinajstić information content (AvgIpc) is 2.65. The monoisotopic (exact) mass is 206 g/mol. The Balaban J connectivity index is 2.79. The van der Waals surface area contributed by atoms with Crippen molar-refractivity contribution >= 4 is 5.91 Å². The first-order valence-electron chi connectivity index (χ1n) is 4.67. The van der Waals surface area contributed by atoms with E-state index in [9.17, 15) is 4.79 Å². The van der Waals surface area contributed by atoms with Gasteiger partial charge in [0.2, 0.25) is 5.82 Å². The Morgan fingerprint density at radius 1 is 1.67 bits per heavy atom. The number of H-pyrrole nitrogens is 1. The normalized spacial score (nSPS) is 10.1. The summed E-state index contributed by atoms with van der Waals surface area (Å²) in [6.45, 7) is 4.20. The second-order valence-electron chi connectivity index (χ2n) is 3.56. The highest BCUT2D eigenvalue weighted by Crippen LogP contribution is 2.08. The summed E-state index contributed by atoms with van der Waals surface area (Å²) in [5.74, 6) is 3.20. The Hall–Kier alpha value is -1.83. The third kappa shape index (κ3) is 2.56. The summed E-state index contributed by atoms with van der Waals surface area (Å²) in [5.41, 5.74) is 0. The molecule has 0 spiro atoms. The summed E-state index contributed by atoms with van der Waals surface area (Å²) in [5, 5.41) is 6.57. The minimum absolute atomic E-state index is 0.163. The van der Waals surface area contributed by atoms with Crippen molar-refractivity contribution in [3.05, 3.63) is 11.6 Å². The van der Waals surface area contributed by atoms with Crippen LogP contribution < -0.4 is 0 Å². The Labute approximate surface area is 88.9 Å². The van der Waals surface area contributed by atoms with Crippen molar-refractivity contribution in [3.8, 4) is 12.3 Å². The van der Waals surface area contributed by atoms with Gasteiger partial charge in [-0.15, -0.1) is 11.5 Å². The van der Waals surface area contributed by atoms with Gasteiger partial charge < -0.3 is 4.90 Å². The number of rotatable bonds is 3. The van der Waals surface area contributed by atoms with Gasteiger partial charge in [0.25, 0.3) is 5.91 Å². The SMILES string of the molecule is C#CCN(C)C(=O)c1n[nH]c(C(C)C)n1. The summed E-state index contributed by atoms with van der Waals surface area (Å²) in [6.07, 6.45) is 5.11. The van der Waals surface area contributed by atoms with E-state index in [4.69, 9.17) is 6.42 Å². The molecular weight excluding hydrogens is 192 g/mol. The molecule has 1 rings (SSSR count). The van der Waals surface area contributed by atoms with Gasteiger partial charge in [-0.1, -0.05) is 19.8 Å². The van der Waals surface area contributed by atoms with Crippen LogP contribution in [0.15, 0.2) is 0 Å². The first-order valence-corrected chi connectivity index (χ1v) is 4.67. The first kappa shape index (κ1) is 11.2. The number of hydrogen-bond donors (Lipinski definition) is 1. The molecule has 80 valence electrons. The largest absolute Gasteiger partial charge is 0.328 e. The predicted molar refractivity (Wildman–Crippen MR) is 56.3 cm³/mol. The Bertz CT molecular complexity index is 388. The molecule has 0 atom stereocenters. The summed E-state index contributed by atoms with van der Waals surface area (Å²) >= 11 is 0. The fourth-order valence-electron chi connectivity index (χ4n) is 1.01. The van der Waals surface area contributed by atoms with Crippen LogP contribution in [0.3, 0.4) is 0 Å². The zero-order valence-electron chi connectivity index (χ0n) is 9.11. The van der Waals surface area contributed by atoms with Gasteiger partial charge >= 0.3 is 0 Å². The maximum atomic E-state index is 11.7. The molecule has 15 heavy (non-hydrogen) atoms. The van der Waals surface area contributed by atoms with Crippen LogP contribution in [0, 0.1) is 12.3 Å². The van der Waals surface area contributed by atoms with E-state index in [0.717, 1.165) is 0 Å². The van der Waals surface area contributed by atoms with Gasteiger partial charge in [-0.3, -0.25) is 9.89 Å². The van der Waals surface area contributed by atoms with E-state index < -0.39 is 0 Å². The first-order chi connectivity index (χ1) is 7.06. The van der Waals surface area contributed by atoms with Gasteiger partial charge in [-0.25, -0.2) is 4.98 Å². The van der Waals surface area contributed by atoms with Gasteiger partial charge in [-0.05, 0) is 0 Å². The average molecular weight is 206 g/mol. The Kier molecular flexibility index (Phi) is 3.45. The standard InChI is InChI=1S/C10H14N4O/c1-5-6-14(4)10(15)9-11-8(7(2)3)12-13-9/h1,7H,6H2,2-4H3,(H,11,12,13). The lowest BCUT2D eigenvalue weighted by Gasteiger charge is -2.10. The van der Waals surface area contributed by atoms with Gasteiger partial charge in [0, 0.05) is 13.0 Å². The highest BCUT2D eigenvalue weighted by Gasteiger charge is 2.17. The maximum Gasteiger partial charge on any atom is 0.294 e. The Morgan fingerprint density at radius 2 is 2.33 bits per heavy atom. The molecular formula is C10H14N4O. The van der Waals surface area contributed by atoms with Crippen molar-refractivity contribution in [1.82, 2.24) is 20.1 Å². The van der Waals surface area contributed by atoms with Crippen LogP contribution in [0.5, 0.6) is 0 Å². The van der Waals surface area contributed by atoms with E-state index in [2.05, 4.69) is 21.1 Å². The molecule has 1 amide bonds. The van der Waals surface area contributed by atoms with E-state index in [-0.39, 0.29) is 24.2 Å². The molecule has 5 nitrogen and oxygen atoms in total. The molecule has 0 aliphatic carbocycles. The van der Waals surface area contributed by atoms with E-state index in [1.807, 2.05) is 13.8 Å². The van der Waals surface area contributed by atoms with Crippen LogP contribution in [0.4, 0.5) is 0 Å². The topological polar surface area (TPSA) is 61.9 Å². The number of carbonyl (C=O) groups is 1. The Morgan fingerprint density at radius 3 is 2.80 bits per heavy atom. The number of nitrogens with one attached hydrogen (secondary N) is 1. The zero-order valence-corrected chi connectivity index (χ0v) is 9.11. The van der Waals surface area contributed by atoms with Crippen LogP contribution in [-0.2, 0) is 0 Å². The summed E-state index contributed by atoms with van der Waals surface area (Å²) in [4.78, 5) is 17.1. The second-order valence-corrected chi connectivity index (χ2v) is 3.56. The van der Waals surface area contributed by atoms with Crippen LogP contribution in [0.1, 0.15) is 36.2 Å². The lowest BCUT2D eigenvalue weighted by atomic mass is 10.2. The summed E-state index contributed by atoms with van der Waals surface area (Å²) in [6, 6.07) is 0. The summed E-state index contributed by atoms with van der Waals surface area (Å²) in [7, 11) is 1.62. The number of aromatic amines is 1. The van der Waals surface area contributed by atoms with Crippen LogP contribution >= 0.6 is 0 Å². The van der Waals surface area contributed by atoms with Crippen molar-refractivity contribution in [2.45, 2.75) is 19.8 Å². The van der Waals surface area contributed by atoms with Gasteiger partial charge in [0.1, 0.15) is 5.82 Å². The number of amides is 1. The fraction of sp³-hybridized carbons (Fsp3) is 0.500. The van der Waals surface area contributed by atoms with Crippen LogP contribution in [-0.4, -0.2) is 39.6 Å². The lowest BCUT2D eigenvalue weighted by molar-refractivity contribution is 0.0801. The number of carbonyl (C=O) groups excluding carboxylic acids is 1. The minimum atomic E-state index is -0.267. The van der Waals surface area contributed by atoms with Crippen molar-refractivity contribution in [3.63, 3.8) is 0 Å². The molecule has 1 N–H and O–H groups in total. The highest BCUT2D eigenvalue weighted by atomic mass is 16.2. The van der Waals surface area contributed by atoms with Crippen molar-refractivity contribution in [2.75, 3.05) is 13.6 Å². The molecule has 0 fully saturated rings. The second kappa shape index (κ2) is 4.60. The molecule has 0 bridgehead atoms. The molecule has 1 aromatic heterocycles. The maximum absolute atomic E-state index is 11.7. The number of nitrogens with zero attached hydrogens (tertiary/aromatic N) is 3. The number of terminal acetylenes is 1. The van der Waals surface area contributed by atoms with Crippen molar-refractivity contribution < 1.29 is 4.79 Å². The third-order valence-corrected chi connectivity index (χ3v) is 1.92. The molecule has 0 radical (unpaired) electrons. The fourth-order valence-corrected chi connectivity index (χ4v) is 1.01. The molecule has 1 aromatic rings. The molecule has 5 heteroatoms. The van der Waals surface area contributed by atoms with Gasteiger partial charge in [0.15, 0.2) is 0 Å². The predicted octanol–water partition coefficient (Wildman–Crippen LogP) is 0.633. The third-order valence-electron chi connectivity index (χ3n) is 1.92. The van der Waals surface area contributed by atoms with Gasteiger partial charge in [0.05, 0.1) is 6.54 Å². The van der Waals surface area contributed by atoms with E-state index in [0.29, 0.717) is 5.82 Å². The van der Waals surface area contributed by atoms with Crippen molar-refractivity contribution in [1.29, 1.82) is 0 Å². The zero-order chi connectivity index (χ0) is 11.4. The molecule has 0 saturated heterocycles. The van der Waals surface area contributed by atoms with Crippen molar-refractivity contribution in [2.24, 2.45) is 0 Å². The quantitative estimate of drug-likeness (QED) is 0.738.